The molecule has 148 valence electrons. The monoisotopic (exact) mass is 404 g/mol. The minimum absolute atomic E-state index is 0.424. The van der Waals surface area contributed by atoms with Crippen LogP contribution in [0.25, 0.3) is 45.8 Å². The van der Waals surface area contributed by atoms with E-state index in [1.807, 2.05) is 79.7 Å². The highest BCUT2D eigenvalue weighted by Crippen LogP contribution is 2.28. The molecule has 5 aromatic rings. The first-order valence-electron chi connectivity index (χ1n) is 9.61. The Balaban J connectivity index is 1.36. The lowest BCUT2D eigenvalue weighted by Gasteiger charge is -1.98. The van der Waals surface area contributed by atoms with Gasteiger partial charge in [-0.05, 0) is 67.6 Å². The molecule has 0 atom stereocenters. The highest BCUT2D eigenvalue weighted by atomic mass is 16.4. The lowest BCUT2D eigenvalue weighted by atomic mass is 10.1. The van der Waals surface area contributed by atoms with Crippen molar-refractivity contribution in [2.75, 3.05) is 0 Å². The number of terminal acetylenes is 1. The molecule has 2 aromatic heterocycles. The van der Waals surface area contributed by atoms with Crippen LogP contribution >= 0.6 is 0 Å². The van der Waals surface area contributed by atoms with Crippen molar-refractivity contribution in [2.45, 2.75) is 6.92 Å². The Labute approximate surface area is 178 Å². The second-order valence-electron chi connectivity index (χ2n) is 6.99. The van der Waals surface area contributed by atoms with E-state index in [2.05, 4.69) is 26.3 Å². The molecule has 0 bridgehead atoms. The normalized spacial score (nSPS) is 10.7. The highest BCUT2D eigenvalue weighted by molar-refractivity contribution is 5.64. The Hall–Kier alpha value is -4.50. The Bertz CT molecular complexity index is 1370. The molecular weight excluding hydrogens is 388 g/mol. The zero-order valence-electron chi connectivity index (χ0n) is 16.6. The predicted molar refractivity (Wildman–Crippen MR) is 117 cm³/mol. The number of nitrogens with zero attached hydrogens (tertiary/aromatic N) is 4. The molecule has 6 heteroatoms. The van der Waals surface area contributed by atoms with E-state index in [4.69, 9.17) is 15.3 Å². The Morgan fingerprint density at radius 1 is 0.548 bits per heavy atom. The summed E-state index contributed by atoms with van der Waals surface area (Å²) in [5.74, 6) is 4.37. The van der Waals surface area contributed by atoms with Crippen LogP contribution in [0.4, 0.5) is 0 Å². The molecule has 0 spiro atoms. The van der Waals surface area contributed by atoms with Crippen molar-refractivity contribution in [3.05, 3.63) is 83.9 Å². The van der Waals surface area contributed by atoms with Gasteiger partial charge in [0, 0.05) is 27.8 Å². The maximum Gasteiger partial charge on any atom is 0.248 e. The van der Waals surface area contributed by atoms with Crippen molar-refractivity contribution >= 4 is 0 Å². The lowest BCUT2D eigenvalue weighted by molar-refractivity contribution is 0.582. The van der Waals surface area contributed by atoms with E-state index in [9.17, 15) is 0 Å². The third-order valence-corrected chi connectivity index (χ3v) is 4.83. The zero-order valence-corrected chi connectivity index (χ0v) is 16.6. The smallest absolute Gasteiger partial charge is 0.248 e. The number of aromatic nitrogens is 4. The fourth-order valence-corrected chi connectivity index (χ4v) is 3.07. The molecular formula is C25H16N4O2. The van der Waals surface area contributed by atoms with Crippen LogP contribution in [0, 0.1) is 19.3 Å². The van der Waals surface area contributed by atoms with Crippen LogP contribution in [0.15, 0.2) is 81.6 Å². The van der Waals surface area contributed by atoms with E-state index >= 15 is 0 Å². The second kappa shape index (κ2) is 7.73. The van der Waals surface area contributed by atoms with Crippen molar-refractivity contribution in [2.24, 2.45) is 0 Å². The molecule has 0 aliphatic carbocycles. The van der Waals surface area contributed by atoms with Gasteiger partial charge in [0.25, 0.3) is 0 Å². The van der Waals surface area contributed by atoms with Gasteiger partial charge in [0.1, 0.15) is 0 Å². The Kier molecular flexibility index (Phi) is 4.62. The minimum Gasteiger partial charge on any atom is -0.416 e. The molecule has 6 nitrogen and oxygen atoms in total. The molecule has 0 unspecified atom stereocenters. The molecule has 0 saturated heterocycles. The van der Waals surface area contributed by atoms with Crippen LogP contribution in [-0.2, 0) is 0 Å². The molecule has 5 rings (SSSR count). The largest absolute Gasteiger partial charge is 0.416 e. The molecule has 0 fully saturated rings. The van der Waals surface area contributed by atoms with Crippen LogP contribution in [0.2, 0.25) is 0 Å². The molecule has 0 aliphatic heterocycles. The highest BCUT2D eigenvalue weighted by Gasteiger charge is 2.13. The Morgan fingerprint density at radius 2 is 0.871 bits per heavy atom. The van der Waals surface area contributed by atoms with E-state index in [1.54, 1.807) is 0 Å². The molecule has 0 aliphatic rings. The summed E-state index contributed by atoms with van der Waals surface area (Å²) in [7, 11) is 0. The molecule has 0 amide bonds. The summed E-state index contributed by atoms with van der Waals surface area (Å²) in [6.07, 6.45) is 5.39. The average Bonchev–Trinajstić information content (AvgIpc) is 3.50. The number of hydrogen-bond donors (Lipinski definition) is 0. The third-order valence-electron chi connectivity index (χ3n) is 4.83. The number of hydrogen-bond acceptors (Lipinski definition) is 6. The summed E-state index contributed by atoms with van der Waals surface area (Å²) in [6.45, 7) is 2.03. The summed E-state index contributed by atoms with van der Waals surface area (Å²) < 4.78 is 11.7. The van der Waals surface area contributed by atoms with Gasteiger partial charge in [0.05, 0.1) is 0 Å². The summed E-state index contributed by atoms with van der Waals surface area (Å²) in [4.78, 5) is 0. The third kappa shape index (κ3) is 3.72. The first kappa shape index (κ1) is 18.5. The average molecular weight is 404 g/mol. The van der Waals surface area contributed by atoms with E-state index in [0.717, 1.165) is 27.8 Å². The summed E-state index contributed by atoms with van der Waals surface area (Å²) in [6, 6.07) is 22.9. The van der Waals surface area contributed by atoms with Gasteiger partial charge < -0.3 is 8.83 Å². The standard InChI is InChI=1S/C25H16N4O2/c1-3-17-6-10-19(11-7-17)23-27-29-25(31-23)21-14-12-20(13-15-21)24-28-26-22(30-24)18-8-4-16(2)5-9-18/h1,4-15H,2H3. The van der Waals surface area contributed by atoms with E-state index < -0.39 is 0 Å². The van der Waals surface area contributed by atoms with Gasteiger partial charge in [-0.25, -0.2) is 0 Å². The molecule has 0 radical (unpaired) electrons. The zero-order chi connectivity index (χ0) is 21.2. The predicted octanol–water partition coefficient (Wildman–Crippen LogP) is 5.41. The number of benzene rings is 3. The second-order valence-corrected chi connectivity index (χ2v) is 6.99. The van der Waals surface area contributed by atoms with Gasteiger partial charge in [-0.1, -0.05) is 23.6 Å². The number of aryl methyl sites for hydroxylation is 1. The first-order valence-corrected chi connectivity index (χ1v) is 9.61. The van der Waals surface area contributed by atoms with Crippen LogP contribution in [0.5, 0.6) is 0 Å². The quantitative estimate of drug-likeness (QED) is 0.373. The Morgan fingerprint density at radius 3 is 1.23 bits per heavy atom. The van der Waals surface area contributed by atoms with Gasteiger partial charge in [-0.2, -0.15) is 0 Å². The van der Waals surface area contributed by atoms with Gasteiger partial charge in [0.15, 0.2) is 0 Å². The minimum atomic E-state index is 0.424. The molecule has 31 heavy (non-hydrogen) atoms. The fourth-order valence-electron chi connectivity index (χ4n) is 3.07. The lowest BCUT2D eigenvalue weighted by Crippen LogP contribution is -1.81. The van der Waals surface area contributed by atoms with Crippen molar-refractivity contribution < 1.29 is 8.83 Å². The SMILES string of the molecule is C#Cc1ccc(-c2nnc(-c3ccc(-c4nnc(-c5ccc(C)cc5)o4)cc3)o2)cc1. The number of rotatable bonds is 4. The van der Waals surface area contributed by atoms with E-state index in [1.165, 1.54) is 5.56 Å². The van der Waals surface area contributed by atoms with Crippen molar-refractivity contribution in [1.82, 2.24) is 20.4 Å². The topological polar surface area (TPSA) is 77.8 Å². The van der Waals surface area contributed by atoms with Gasteiger partial charge in [-0.3, -0.25) is 0 Å². The van der Waals surface area contributed by atoms with Crippen molar-refractivity contribution in [3.63, 3.8) is 0 Å². The molecule has 0 N–H and O–H groups in total. The fraction of sp³-hybridized carbons (Fsp3) is 0.0400. The first-order chi connectivity index (χ1) is 15.2. The maximum absolute atomic E-state index is 5.83. The van der Waals surface area contributed by atoms with Gasteiger partial charge >= 0.3 is 0 Å². The van der Waals surface area contributed by atoms with Crippen LogP contribution in [0.3, 0.4) is 0 Å². The summed E-state index contributed by atoms with van der Waals surface area (Å²) in [5.41, 5.74) is 5.26. The van der Waals surface area contributed by atoms with E-state index in [-0.39, 0.29) is 0 Å². The van der Waals surface area contributed by atoms with Gasteiger partial charge in [-0.15, -0.1) is 26.8 Å². The van der Waals surface area contributed by atoms with E-state index in [0.29, 0.717) is 23.6 Å². The van der Waals surface area contributed by atoms with Crippen molar-refractivity contribution in [3.8, 4) is 58.2 Å². The van der Waals surface area contributed by atoms with Crippen LogP contribution in [-0.4, -0.2) is 20.4 Å². The van der Waals surface area contributed by atoms with Crippen molar-refractivity contribution in [1.29, 1.82) is 0 Å². The summed E-state index contributed by atoms with van der Waals surface area (Å²) >= 11 is 0. The van der Waals surface area contributed by atoms with Crippen LogP contribution < -0.4 is 0 Å². The van der Waals surface area contributed by atoms with Crippen LogP contribution in [0.1, 0.15) is 11.1 Å². The molecule has 0 saturated carbocycles. The van der Waals surface area contributed by atoms with Gasteiger partial charge in [0.2, 0.25) is 23.6 Å². The molecule has 3 aromatic carbocycles. The molecule has 2 heterocycles. The maximum atomic E-state index is 5.83. The summed E-state index contributed by atoms with van der Waals surface area (Å²) in [5, 5.41) is 16.6.